The van der Waals surface area contributed by atoms with Gasteiger partial charge in [0.05, 0.1) is 24.6 Å². The molecule has 0 spiro atoms. The Hall–Kier alpha value is -4.59. The lowest BCUT2D eigenvalue weighted by atomic mass is 9.90. The first kappa shape index (κ1) is 23.1. The van der Waals surface area contributed by atoms with E-state index in [2.05, 4.69) is 15.0 Å². The third-order valence-electron chi connectivity index (χ3n) is 5.01. The summed E-state index contributed by atoms with van der Waals surface area (Å²) in [6, 6.07) is 6.44. The Morgan fingerprint density at radius 2 is 2.12 bits per heavy atom. The number of hydrogen-bond acceptors (Lipinski definition) is 8. The van der Waals surface area contributed by atoms with Crippen LogP contribution in [0.15, 0.2) is 36.8 Å². The van der Waals surface area contributed by atoms with Crippen LogP contribution in [-0.2, 0) is 17.8 Å². The van der Waals surface area contributed by atoms with Crippen LogP contribution >= 0.6 is 0 Å². The van der Waals surface area contributed by atoms with E-state index >= 15 is 0 Å². The summed E-state index contributed by atoms with van der Waals surface area (Å²) in [5, 5.41) is 16.6. The molecule has 2 aromatic heterocycles. The molecule has 0 saturated heterocycles. The minimum absolute atomic E-state index is 0.0188. The molecule has 0 saturated carbocycles. The van der Waals surface area contributed by atoms with Crippen molar-refractivity contribution in [3.05, 3.63) is 65.1 Å². The Bertz CT molecular complexity index is 1230. The lowest BCUT2D eigenvalue weighted by Gasteiger charge is -2.30. The molecule has 0 fully saturated rings. The smallest absolute Gasteiger partial charge is 0.290 e. The molecule has 0 radical (unpaired) electrons. The molecule has 11 heteroatoms. The number of methoxy groups -OCH3 is 1. The monoisotopic (exact) mass is 450 g/mol. The predicted octanol–water partition coefficient (Wildman–Crippen LogP) is 2.04. The fraction of sp³-hybridized carbons (Fsp3) is 0.182. The van der Waals surface area contributed by atoms with E-state index in [-0.39, 0.29) is 47.3 Å². The molecule has 0 atom stereocenters. The van der Waals surface area contributed by atoms with Gasteiger partial charge >= 0.3 is 0 Å². The lowest BCUT2D eigenvalue weighted by molar-refractivity contribution is -0.122. The van der Waals surface area contributed by atoms with Crippen LogP contribution < -0.4 is 10.5 Å². The van der Waals surface area contributed by atoms with Gasteiger partial charge in [-0.25, -0.2) is 14.4 Å². The van der Waals surface area contributed by atoms with Crippen LogP contribution in [0.25, 0.3) is 11.1 Å². The fourth-order valence-corrected chi connectivity index (χ4v) is 3.63. The number of carboxylic acid groups (broad SMARTS) is 1. The van der Waals surface area contributed by atoms with E-state index in [9.17, 15) is 14.4 Å². The highest BCUT2D eigenvalue weighted by Crippen LogP contribution is 2.41. The number of amides is 1. The third-order valence-corrected chi connectivity index (χ3v) is 5.01. The van der Waals surface area contributed by atoms with Crippen molar-refractivity contribution in [3.63, 3.8) is 0 Å². The molecule has 10 nitrogen and oxygen atoms in total. The van der Waals surface area contributed by atoms with Gasteiger partial charge in [0.25, 0.3) is 12.4 Å². The van der Waals surface area contributed by atoms with Crippen molar-refractivity contribution in [2.75, 3.05) is 19.4 Å². The number of rotatable bonds is 3. The number of ether oxygens (including phenoxy) is 1. The Morgan fingerprint density at radius 1 is 1.36 bits per heavy atom. The minimum atomic E-state index is -0.559. The highest BCUT2D eigenvalue weighted by Gasteiger charge is 2.30. The van der Waals surface area contributed by atoms with Crippen molar-refractivity contribution < 1.29 is 23.8 Å². The van der Waals surface area contributed by atoms with Crippen molar-refractivity contribution in [2.45, 2.75) is 13.0 Å². The summed E-state index contributed by atoms with van der Waals surface area (Å²) in [5.74, 6) is -0.589. The normalized spacial score (nSPS) is 12.0. The molecule has 1 aliphatic heterocycles. The summed E-state index contributed by atoms with van der Waals surface area (Å²) in [4.78, 5) is 35.2. The molecule has 168 valence electrons. The maximum absolute atomic E-state index is 14.9. The summed E-state index contributed by atoms with van der Waals surface area (Å²) >= 11 is 0. The quantitative estimate of drug-likeness (QED) is 0.570. The average molecular weight is 450 g/mol. The number of halogens is 1. The number of nitrogens with two attached hydrogens (primary N) is 1. The van der Waals surface area contributed by atoms with Gasteiger partial charge in [-0.1, -0.05) is 6.07 Å². The van der Waals surface area contributed by atoms with E-state index in [4.69, 9.17) is 20.4 Å². The first-order chi connectivity index (χ1) is 16.0. The number of anilines is 1. The highest BCUT2D eigenvalue weighted by molar-refractivity contribution is 5.92. The van der Waals surface area contributed by atoms with Gasteiger partial charge in [-0.3, -0.25) is 14.6 Å². The number of carbonyl (C=O) groups is 2. The average Bonchev–Trinajstić information content (AvgIpc) is 2.83. The van der Waals surface area contributed by atoms with Crippen molar-refractivity contribution in [3.8, 4) is 22.9 Å². The topological polar surface area (TPSA) is 155 Å². The molecule has 0 unspecified atom stereocenters. The molecule has 0 aliphatic carbocycles. The van der Waals surface area contributed by atoms with Crippen LogP contribution in [0.2, 0.25) is 0 Å². The molecule has 4 rings (SSSR count). The number of hydrogen-bond donors (Lipinski definition) is 2. The number of nitrogens with zero attached hydrogens (tertiary/aromatic N) is 5. The molecule has 1 amide bonds. The summed E-state index contributed by atoms with van der Waals surface area (Å²) in [7, 11) is 1.42. The second-order valence-corrected chi connectivity index (χ2v) is 6.77. The van der Waals surface area contributed by atoms with E-state index in [1.807, 2.05) is 6.07 Å². The summed E-state index contributed by atoms with van der Waals surface area (Å²) in [5.41, 5.74) is 7.88. The number of pyridine rings is 1. The maximum Gasteiger partial charge on any atom is 0.290 e. The van der Waals surface area contributed by atoms with Crippen molar-refractivity contribution >= 4 is 18.2 Å². The van der Waals surface area contributed by atoms with Crippen LogP contribution in [-0.4, -0.2) is 51.0 Å². The zero-order chi connectivity index (χ0) is 24.0. The first-order valence-electron chi connectivity index (χ1n) is 9.64. The Morgan fingerprint density at radius 3 is 2.76 bits per heavy atom. The number of nitrogen functional groups attached to an aromatic ring is 1. The van der Waals surface area contributed by atoms with Crippen molar-refractivity contribution in [2.24, 2.45) is 0 Å². The molecular weight excluding hydrogens is 431 g/mol. The van der Waals surface area contributed by atoms with E-state index in [0.717, 1.165) is 0 Å². The number of carbonyl (C=O) groups excluding carboxylic acids is 1. The van der Waals surface area contributed by atoms with Gasteiger partial charge < -0.3 is 20.5 Å². The standard InChI is InChI=1S/C21H17FN6O2.CH2O2/c1-30-17-4-2-3-14(22)19(17)18-12(9-23)20(24)27-15-5-8-28(11-13(15)18)21(29)16-10-25-6-7-26-16;2-1-3/h2-4,6-7,10H,5,8,11H2,1H3,(H2,24,27);1H,(H,2,3). The predicted molar refractivity (Wildman–Crippen MR) is 114 cm³/mol. The summed E-state index contributed by atoms with van der Waals surface area (Å²) < 4.78 is 20.3. The third kappa shape index (κ3) is 4.54. The van der Waals surface area contributed by atoms with E-state index in [1.54, 1.807) is 11.0 Å². The molecule has 1 aliphatic rings. The minimum Gasteiger partial charge on any atom is -0.496 e. The van der Waals surface area contributed by atoms with Gasteiger partial charge in [-0.2, -0.15) is 5.26 Å². The summed E-state index contributed by atoms with van der Waals surface area (Å²) in [6.07, 6.45) is 4.72. The van der Waals surface area contributed by atoms with Gasteiger partial charge in [-0.15, -0.1) is 0 Å². The molecule has 0 bridgehead atoms. The summed E-state index contributed by atoms with van der Waals surface area (Å²) in [6.45, 7) is 0.258. The van der Waals surface area contributed by atoms with Crippen LogP contribution in [0.1, 0.15) is 27.3 Å². The number of fused-ring (bicyclic) bond motifs is 1. The maximum atomic E-state index is 14.9. The Labute approximate surface area is 188 Å². The number of nitriles is 1. The molecule has 3 heterocycles. The zero-order valence-corrected chi connectivity index (χ0v) is 17.5. The Kier molecular flexibility index (Phi) is 7.10. The van der Waals surface area contributed by atoms with Gasteiger partial charge in [0.1, 0.15) is 34.7 Å². The molecule has 3 N–H and O–H groups in total. The lowest BCUT2D eigenvalue weighted by Crippen LogP contribution is -2.37. The number of aromatic nitrogens is 3. The second kappa shape index (κ2) is 10.1. The van der Waals surface area contributed by atoms with Crippen LogP contribution in [0.5, 0.6) is 5.75 Å². The van der Waals surface area contributed by atoms with E-state index in [1.165, 1.54) is 37.8 Å². The van der Waals surface area contributed by atoms with Gasteiger partial charge in [-0.05, 0) is 12.1 Å². The second-order valence-electron chi connectivity index (χ2n) is 6.77. The van der Waals surface area contributed by atoms with Crippen LogP contribution in [0.4, 0.5) is 10.2 Å². The first-order valence-corrected chi connectivity index (χ1v) is 9.64. The zero-order valence-electron chi connectivity index (χ0n) is 17.5. The van der Waals surface area contributed by atoms with Crippen molar-refractivity contribution in [1.82, 2.24) is 19.9 Å². The van der Waals surface area contributed by atoms with Gasteiger partial charge in [0.15, 0.2) is 0 Å². The SMILES string of the molecule is COc1cccc(F)c1-c1c(C#N)c(N)nc2c1CN(C(=O)c1cnccn1)CC2.O=CO. The fourth-order valence-electron chi connectivity index (χ4n) is 3.63. The molecule has 33 heavy (non-hydrogen) atoms. The van der Waals surface area contributed by atoms with Crippen molar-refractivity contribution in [1.29, 1.82) is 5.26 Å². The van der Waals surface area contributed by atoms with Gasteiger partial charge in [0.2, 0.25) is 0 Å². The molecular formula is C22H19FN6O4. The molecule has 3 aromatic rings. The Balaban J connectivity index is 0.000000968. The number of benzene rings is 1. The van der Waals surface area contributed by atoms with E-state index in [0.29, 0.717) is 29.8 Å². The van der Waals surface area contributed by atoms with E-state index < -0.39 is 5.82 Å². The van der Waals surface area contributed by atoms with Crippen LogP contribution in [0, 0.1) is 17.1 Å². The molecule has 1 aromatic carbocycles. The largest absolute Gasteiger partial charge is 0.496 e. The highest BCUT2D eigenvalue weighted by atomic mass is 19.1. The van der Waals surface area contributed by atoms with Crippen LogP contribution in [0.3, 0.4) is 0 Å². The van der Waals surface area contributed by atoms with Gasteiger partial charge in [0, 0.05) is 43.0 Å².